The third kappa shape index (κ3) is 7.37. The first-order valence-corrected chi connectivity index (χ1v) is 6.13. The van der Waals surface area contributed by atoms with Crippen LogP contribution in [-0.4, -0.2) is 25.7 Å². The first-order valence-electron chi connectivity index (χ1n) is 6.13. The van der Waals surface area contributed by atoms with Crippen molar-refractivity contribution >= 4 is 5.97 Å². The lowest BCUT2D eigenvalue weighted by molar-refractivity contribution is -0.148. The van der Waals surface area contributed by atoms with Gasteiger partial charge in [-0.1, -0.05) is 26.7 Å². The molecule has 1 N–H and O–H groups in total. The number of nitrogens with one attached hydrogen (secondary N) is 1. The fourth-order valence-corrected chi connectivity index (χ4v) is 1.32. The van der Waals surface area contributed by atoms with E-state index in [4.69, 9.17) is 4.74 Å². The number of piperidine rings is 1. The second-order valence-electron chi connectivity index (χ2n) is 3.78. The average molecular weight is 215 g/mol. The van der Waals surface area contributed by atoms with E-state index in [0.717, 1.165) is 25.9 Å². The zero-order valence-electron chi connectivity index (χ0n) is 10.3. The molecule has 0 aromatic heterocycles. The molecule has 0 unspecified atom stereocenters. The Kier molecular flexibility index (Phi) is 9.59. The highest BCUT2D eigenvalue weighted by Crippen LogP contribution is 2.12. The SMILES string of the molecule is CCCC.CCOC(=O)C1CCNCC1. The second-order valence-corrected chi connectivity index (χ2v) is 3.78. The van der Waals surface area contributed by atoms with Gasteiger partial charge in [0.1, 0.15) is 0 Å². The second kappa shape index (κ2) is 9.97. The summed E-state index contributed by atoms with van der Waals surface area (Å²) in [6, 6.07) is 0. The number of hydrogen-bond donors (Lipinski definition) is 1. The van der Waals surface area contributed by atoms with Crippen LogP contribution < -0.4 is 5.32 Å². The molecule has 90 valence electrons. The van der Waals surface area contributed by atoms with E-state index >= 15 is 0 Å². The number of carbonyl (C=O) groups is 1. The smallest absolute Gasteiger partial charge is 0.309 e. The molecule has 1 rings (SSSR count). The molecule has 3 heteroatoms. The van der Waals surface area contributed by atoms with Crippen molar-refractivity contribution in [2.75, 3.05) is 19.7 Å². The van der Waals surface area contributed by atoms with Crippen LogP contribution in [0.1, 0.15) is 46.5 Å². The van der Waals surface area contributed by atoms with E-state index in [2.05, 4.69) is 19.2 Å². The first kappa shape index (κ1) is 14.4. The fourth-order valence-electron chi connectivity index (χ4n) is 1.32. The number of carbonyl (C=O) groups excluding carboxylic acids is 1. The van der Waals surface area contributed by atoms with Gasteiger partial charge in [0.05, 0.1) is 12.5 Å². The summed E-state index contributed by atoms with van der Waals surface area (Å²) >= 11 is 0. The van der Waals surface area contributed by atoms with E-state index in [9.17, 15) is 4.79 Å². The van der Waals surface area contributed by atoms with Crippen LogP contribution in [-0.2, 0) is 9.53 Å². The van der Waals surface area contributed by atoms with E-state index in [1.165, 1.54) is 12.8 Å². The van der Waals surface area contributed by atoms with Crippen molar-refractivity contribution < 1.29 is 9.53 Å². The van der Waals surface area contributed by atoms with Crippen molar-refractivity contribution in [3.63, 3.8) is 0 Å². The normalized spacial score (nSPS) is 16.5. The van der Waals surface area contributed by atoms with E-state index in [1.807, 2.05) is 6.92 Å². The van der Waals surface area contributed by atoms with Crippen LogP contribution in [0.3, 0.4) is 0 Å². The van der Waals surface area contributed by atoms with Gasteiger partial charge in [0.15, 0.2) is 0 Å². The van der Waals surface area contributed by atoms with Crippen molar-refractivity contribution in [2.45, 2.75) is 46.5 Å². The maximum atomic E-state index is 11.1. The number of esters is 1. The van der Waals surface area contributed by atoms with Gasteiger partial charge in [-0.15, -0.1) is 0 Å². The summed E-state index contributed by atoms with van der Waals surface area (Å²) in [5.41, 5.74) is 0. The zero-order chi connectivity index (χ0) is 11.5. The van der Waals surface area contributed by atoms with Gasteiger partial charge in [-0.2, -0.15) is 0 Å². The molecule has 1 saturated heterocycles. The molecule has 1 aliphatic heterocycles. The number of ether oxygens (including phenoxy) is 1. The van der Waals surface area contributed by atoms with Crippen molar-refractivity contribution in [2.24, 2.45) is 5.92 Å². The highest BCUT2D eigenvalue weighted by Gasteiger charge is 2.21. The summed E-state index contributed by atoms with van der Waals surface area (Å²) in [4.78, 5) is 11.1. The molecule has 0 aromatic carbocycles. The Balaban J connectivity index is 0.000000423. The fraction of sp³-hybridized carbons (Fsp3) is 0.917. The monoisotopic (exact) mass is 215 g/mol. The van der Waals surface area contributed by atoms with E-state index < -0.39 is 0 Å². The summed E-state index contributed by atoms with van der Waals surface area (Å²) in [6.07, 6.45) is 4.50. The lowest BCUT2D eigenvalue weighted by atomic mass is 9.99. The third-order valence-corrected chi connectivity index (χ3v) is 2.46. The van der Waals surface area contributed by atoms with Gasteiger partial charge >= 0.3 is 5.97 Å². The van der Waals surface area contributed by atoms with Gasteiger partial charge in [0, 0.05) is 0 Å². The van der Waals surface area contributed by atoms with Crippen molar-refractivity contribution in [3.05, 3.63) is 0 Å². The van der Waals surface area contributed by atoms with Crippen LogP contribution in [0.4, 0.5) is 0 Å². The highest BCUT2D eigenvalue weighted by atomic mass is 16.5. The van der Waals surface area contributed by atoms with Gasteiger partial charge in [0.2, 0.25) is 0 Å². The summed E-state index contributed by atoms with van der Waals surface area (Å²) in [6.45, 7) is 8.61. The quantitative estimate of drug-likeness (QED) is 0.734. The Morgan fingerprint density at radius 2 is 1.73 bits per heavy atom. The topological polar surface area (TPSA) is 38.3 Å². The van der Waals surface area contributed by atoms with Crippen molar-refractivity contribution in [3.8, 4) is 0 Å². The van der Waals surface area contributed by atoms with Crippen molar-refractivity contribution in [1.82, 2.24) is 5.32 Å². The largest absolute Gasteiger partial charge is 0.466 e. The standard InChI is InChI=1S/C8H15NO2.C4H10/c1-2-11-8(10)7-3-5-9-6-4-7;1-3-4-2/h7,9H,2-6H2,1H3;3-4H2,1-2H3. The molecule has 0 aromatic rings. The minimum absolute atomic E-state index is 0.0194. The molecule has 1 heterocycles. The molecular formula is C12H25NO2. The minimum atomic E-state index is -0.0194. The average Bonchev–Trinajstić information content (AvgIpc) is 2.31. The zero-order valence-corrected chi connectivity index (χ0v) is 10.3. The van der Waals surface area contributed by atoms with Crippen LogP contribution in [0.5, 0.6) is 0 Å². The van der Waals surface area contributed by atoms with E-state index in [1.54, 1.807) is 0 Å². The number of unbranched alkanes of at least 4 members (excludes halogenated alkanes) is 1. The number of hydrogen-bond acceptors (Lipinski definition) is 3. The Morgan fingerprint density at radius 3 is 2.13 bits per heavy atom. The lowest BCUT2D eigenvalue weighted by Gasteiger charge is -2.20. The Morgan fingerprint density at radius 1 is 1.20 bits per heavy atom. The molecule has 0 saturated carbocycles. The predicted octanol–water partition coefficient (Wildman–Crippen LogP) is 2.36. The van der Waals surface area contributed by atoms with Gasteiger partial charge < -0.3 is 10.1 Å². The molecule has 0 aliphatic carbocycles. The van der Waals surface area contributed by atoms with E-state index in [0.29, 0.717) is 6.61 Å². The molecular weight excluding hydrogens is 190 g/mol. The van der Waals surface area contributed by atoms with Crippen LogP contribution in [0.25, 0.3) is 0 Å². The van der Waals surface area contributed by atoms with Gasteiger partial charge in [-0.3, -0.25) is 4.79 Å². The third-order valence-electron chi connectivity index (χ3n) is 2.46. The molecule has 0 amide bonds. The summed E-state index contributed by atoms with van der Waals surface area (Å²) in [5.74, 6) is 0.130. The number of rotatable bonds is 3. The Bertz CT molecular complexity index is 152. The Hall–Kier alpha value is -0.570. The molecule has 0 spiro atoms. The minimum Gasteiger partial charge on any atom is -0.466 e. The van der Waals surface area contributed by atoms with Crippen LogP contribution in [0, 0.1) is 5.92 Å². The van der Waals surface area contributed by atoms with Crippen LogP contribution in [0.15, 0.2) is 0 Å². The van der Waals surface area contributed by atoms with Gasteiger partial charge in [0.25, 0.3) is 0 Å². The summed E-state index contributed by atoms with van der Waals surface area (Å²) < 4.78 is 4.91. The highest BCUT2D eigenvalue weighted by molar-refractivity contribution is 5.72. The molecule has 0 bridgehead atoms. The maximum absolute atomic E-state index is 11.1. The molecule has 1 fully saturated rings. The molecule has 0 atom stereocenters. The lowest BCUT2D eigenvalue weighted by Crippen LogP contribution is -2.32. The summed E-state index contributed by atoms with van der Waals surface area (Å²) in [5, 5.41) is 3.20. The maximum Gasteiger partial charge on any atom is 0.309 e. The van der Waals surface area contributed by atoms with Gasteiger partial charge in [-0.25, -0.2) is 0 Å². The molecule has 1 aliphatic rings. The van der Waals surface area contributed by atoms with Gasteiger partial charge in [-0.05, 0) is 32.9 Å². The molecule has 15 heavy (non-hydrogen) atoms. The predicted molar refractivity (Wildman–Crippen MR) is 62.8 cm³/mol. The van der Waals surface area contributed by atoms with E-state index in [-0.39, 0.29) is 11.9 Å². The first-order chi connectivity index (χ1) is 7.26. The van der Waals surface area contributed by atoms with Crippen molar-refractivity contribution in [1.29, 1.82) is 0 Å². The molecule has 0 radical (unpaired) electrons. The Labute approximate surface area is 93.6 Å². The van der Waals surface area contributed by atoms with Crippen LogP contribution in [0.2, 0.25) is 0 Å². The molecule has 3 nitrogen and oxygen atoms in total. The van der Waals surface area contributed by atoms with Crippen LogP contribution >= 0.6 is 0 Å². The summed E-state index contributed by atoms with van der Waals surface area (Å²) in [7, 11) is 0.